The predicted molar refractivity (Wildman–Crippen MR) is 73.5 cm³/mol. The lowest BCUT2D eigenvalue weighted by Crippen LogP contribution is -2.56. The van der Waals surface area contributed by atoms with Gasteiger partial charge in [0.25, 0.3) is 0 Å². The van der Waals surface area contributed by atoms with Gasteiger partial charge in [-0.05, 0) is 38.0 Å². The van der Waals surface area contributed by atoms with E-state index in [4.69, 9.17) is 11.6 Å². The van der Waals surface area contributed by atoms with Gasteiger partial charge in [0.1, 0.15) is 0 Å². The van der Waals surface area contributed by atoms with Crippen molar-refractivity contribution in [2.24, 2.45) is 0 Å². The second kappa shape index (κ2) is 4.97. The summed E-state index contributed by atoms with van der Waals surface area (Å²) in [7, 11) is 0. The molecule has 1 aromatic rings. The molecular weight excluding hydrogens is 232 g/mol. The molecule has 1 fully saturated rings. The van der Waals surface area contributed by atoms with E-state index in [9.17, 15) is 0 Å². The zero-order valence-electron chi connectivity index (χ0n) is 10.9. The predicted octanol–water partition coefficient (Wildman–Crippen LogP) is 2.83. The number of piperazine rings is 1. The average Bonchev–Trinajstić information content (AvgIpc) is 2.21. The lowest BCUT2D eigenvalue weighted by Gasteiger charge is -2.39. The lowest BCUT2D eigenvalue weighted by molar-refractivity contribution is 0.148. The van der Waals surface area contributed by atoms with Crippen molar-refractivity contribution >= 4 is 11.6 Å². The maximum absolute atomic E-state index is 6.28. The van der Waals surface area contributed by atoms with Crippen LogP contribution in [0.4, 0.5) is 0 Å². The van der Waals surface area contributed by atoms with E-state index in [1.165, 1.54) is 11.1 Å². The van der Waals surface area contributed by atoms with Crippen molar-refractivity contribution in [3.05, 3.63) is 34.3 Å². The van der Waals surface area contributed by atoms with Gasteiger partial charge >= 0.3 is 0 Å². The van der Waals surface area contributed by atoms with Crippen LogP contribution in [0.15, 0.2) is 18.2 Å². The Hall–Kier alpha value is -0.570. The molecule has 1 N–H and O–H groups in total. The molecule has 0 bridgehead atoms. The molecule has 2 nitrogen and oxygen atoms in total. The highest BCUT2D eigenvalue weighted by atomic mass is 35.5. The first-order valence-electron chi connectivity index (χ1n) is 6.19. The van der Waals surface area contributed by atoms with Gasteiger partial charge in [-0.1, -0.05) is 23.7 Å². The van der Waals surface area contributed by atoms with Crippen LogP contribution in [0.5, 0.6) is 0 Å². The summed E-state index contributed by atoms with van der Waals surface area (Å²) in [6.45, 7) is 10.7. The number of hydrogen-bond acceptors (Lipinski definition) is 2. The monoisotopic (exact) mass is 252 g/mol. The van der Waals surface area contributed by atoms with Gasteiger partial charge in [-0.25, -0.2) is 0 Å². The molecular formula is C14H21ClN2. The number of rotatable bonds is 2. The number of hydrogen-bond donors (Lipinski definition) is 1. The normalized spacial score (nSPS) is 20.5. The average molecular weight is 253 g/mol. The fourth-order valence-electron chi connectivity index (χ4n) is 2.40. The van der Waals surface area contributed by atoms with Gasteiger partial charge in [-0.3, -0.25) is 4.90 Å². The second-order valence-corrected chi connectivity index (χ2v) is 6.02. The lowest BCUT2D eigenvalue weighted by atomic mass is 10.0. The van der Waals surface area contributed by atoms with E-state index in [1.54, 1.807) is 0 Å². The molecule has 2 rings (SSSR count). The zero-order valence-corrected chi connectivity index (χ0v) is 11.6. The quantitative estimate of drug-likeness (QED) is 0.871. The van der Waals surface area contributed by atoms with Crippen molar-refractivity contribution in [3.8, 4) is 0 Å². The molecule has 0 aromatic heterocycles. The Labute approximate surface area is 109 Å². The van der Waals surface area contributed by atoms with E-state index in [0.29, 0.717) is 0 Å². The molecule has 0 spiro atoms. The minimum Gasteiger partial charge on any atom is -0.309 e. The highest BCUT2D eigenvalue weighted by Gasteiger charge is 2.25. The maximum Gasteiger partial charge on any atom is 0.0453 e. The Morgan fingerprint density at radius 1 is 1.41 bits per heavy atom. The number of halogens is 1. The molecule has 0 unspecified atom stereocenters. The smallest absolute Gasteiger partial charge is 0.0453 e. The van der Waals surface area contributed by atoms with Crippen LogP contribution in [0.25, 0.3) is 0 Å². The largest absolute Gasteiger partial charge is 0.309 e. The molecule has 0 atom stereocenters. The van der Waals surface area contributed by atoms with E-state index in [2.05, 4.69) is 43.1 Å². The summed E-state index contributed by atoms with van der Waals surface area (Å²) in [5, 5.41) is 4.41. The molecule has 1 saturated heterocycles. The highest BCUT2D eigenvalue weighted by Crippen LogP contribution is 2.21. The Kier molecular flexibility index (Phi) is 3.76. The van der Waals surface area contributed by atoms with Crippen LogP contribution in [-0.4, -0.2) is 30.1 Å². The summed E-state index contributed by atoms with van der Waals surface area (Å²) in [6.07, 6.45) is 0. The van der Waals surface area contributed by atoms with E-state index in [-0.39, 0.29) is 5.54 Å². The molecule has 1 aromatic carbocycles. The Balaban J connectivity index is 2.05. The molecule has 1 aliphatic rings. The van der Waals surface area contributed by atoms with E-state index < -0.39 is 0 Å². The van der Waals surface area contributed by atoms with Gasteiger partial charge in [-0.15, -0.1) is 0 Å². The first-order chi connectivity index (χ1) is 7.96. The molecule has 0 radical (unpaired) electrons. The van der Waals surface area contributed by atoms with Crippen LogP contribution < -0.4 is 5.32 Å². The molecule has 1 aliphatic heterocycles. The number of nitrogens with one attached hydrogen (secondary N) is 1. The number of nitrogens with zero attached hydrogens (tertiary/aromatic N) is 1. The van der Waals surface area contributed by atoms with Gasteiger partial charge in [0, 0.05) is 36.7 Å². The van der Waals surface area contributed by atoms with Crippen LogP contribution in [0.1, 0.15) is 25.0 Å². The van der Waals surface area contributed by atoms with E-state index in [1.807, 2.05) is 6.07 Å². The Morgan fingerprint density at radius 3 is 2.82 bits per heavy atom. The van der Waals surface area contributed by atoms with Gasteiger partial charge in [0.15, 0.2) is 0 Å². The third-order valence-electron chi connectivity index (χ3n) is 3.25. The number of aryl methyl sites for hydroxylation is 1. The van der Waals surface area contributed by atoms with Crippen molar-refractivity contribution in [2.45, 2.75) is 32.9 Å². The number of benzene rings is 1. The summed E-state index contributed by atoms with van der Waals surface area (Å²) in [4.78, 5) is 2.47. The second-order valence-electron chi connectivity index (χ2n) is 5.62. The standard InChI is InChI=1S/C14H21ClN2/c1-11-4-5-12(13(15)8-11)9-17-7-6-16-14(2,3)10-17/h4-5,8,16H,6-7,9-10H2,1-3H3. The van der Waals surface area contributed by atoms with Crippen molar-refractivity contribution in [1.29, 1.82) is 0 Å². The fourth-order valence-corrected chi connectivity index (χ4v) is 2.70. The van der Waals surface area contributed by atoms with Crippen LogP contribution in [0.3, 0.4) is 0 Å². The van der Waals surface area contributed by atoms with Gasteiger partial charge in [0.2, 0.25) is 0 Å². The fraction of sp³-hybridized carbons (Fsp3) is 0.571. The Bertz CT molecular complexity index is 401. The molecule has 17 heavy (non-hydrogen) atoms. The summed E-state index contributed by atoms with van der Waals surface area (Å²) in [5.74, 6) is 0. The van der Waals surface area contributed by atoms with Crippen molar-refractivity contribution < 1.29 is 0 Å². The van der Waals surface area contributed by atoms with Crippen molar-refractivity contribution in [1.82, 2.24) is 10.2 Å². The first kappa shape index (κ1) is 12.9. The minimum atomic E-state index is 0.204. The third kappa shape index (κ3) is 3.44. The van der Waals surface area contributed by atoms with Crippen LogP contribution in [0, 0.1) is 6.92 Å². The first-order valence-corrected chi connectivity index (χ1v) is 6.56. The summed E-state index contributed by atoms with van der Waals surface area (Å²) >= 11 is 6.28. The molecule has 3 heteroatoms. The topological polar surface area (TPSA) is 15.3 Å². The summed E-state index contributed by atoms with van der Waals surface area (Å²) in [5.41, 5.74) is 2.66. The zero-order chi connectivity index (χ0) is 12.5. The van der Waals surface area contributed by atoms with Crippen LogP contribution in [-0.2, 0) is 6.54 Å². The van der Waals surface area contributed by atoms with Gasteiger partial charge in [0.05, 0.1) is 0 Å². The highest BCUT2D eigenvalue weighted by molar-refractivity contribution is 6.31. The SMILES string of the molecule is Cc1ccc(CN2CCNC(C)(C)C2)c(Cl)c1. The molecule has 0 amide bonds. The van der Waals surface area contributed by atoms with Gasteiger partial charge < -0.3 is 5.32 Å². The third-order valence-corrected chi connectivity index (χ3v) is 3.60. The minimum absolute atomic E-state index is 0.204. The summed E-state index contributed by atoms with van der Waals surface area (Å²) in [6, 6.07) is 6.32. The van der Waals surface area contributed by atoms with Crippen LogP contribution >= 0.6 is 11.6 Å². The van der Waals surface area contributed by atoms with E-state index >= 15 is 0 Å². The molecule has 0 saturated carbocycles. The van der Waals surface area contributed by atoms with Crippen molar-refractivity contribution in [3.63, 3.8) is 0 Å². The molecule has 1 heterocycles. The van der Waals surface area contributed by atoms with Gasteiger partial charge in [-0.2, -0.15) is 0 Å². The van der Waals surface area contributed by atoms with Crippen molar-refractivity contribution in [2.75, 3.05) is 19.6 Å². The van der Waals surface area contributed by atoms with Crippen LogP contribution in [0.2, 0.25) is 5.02 Å². The van der Waals surface area contributed by atoms with E-state index in [0.717, 1.165) is 31.2 Å². The molecule has 0 aliphatic carbocycles. The summed E-state index contributed by atoms with van der Waals surface area (Å²) < 4.78 is 0. The Morgan fingerprint density at radius 2 is 2.18 bits per heavy atom. The maximum atomic E-state index is 6.28. The molecule has 94 valence electrons.